The third-order valence-corrected chi connectivity index (χ3v) is 4.07. The summed E-state index contributed by atoms with van der Waals surface area (Å²) in [6, 6.07) is 6.03. The van der Waals surface area contributed by atoms with Gasteiger partial charge < -0.3 is 4.74 Å². The molecule has 2 rings (SSSR count). The van der Waals surface area contributed by atoms with E-state index in [-0.39, 0.29) is 11.4 Å². The van der Waals surface area contributed by atoms with Gasteiger partial charge in [0, 0.05) is 0 Å². The summed E-state index contributed by atoms with van der Waals surface area (Å²) in [6.45, 7) is 8.45. The molecule has 1 aliphatic heterocycles. The van der Waals surface area contributed by atoms with Crippen molar-refractivity contribution in [2.45, 2.75) is 58.5 Å². The van der Waals surface area contributed by atoms with Gasteiger partial charge in [0.25, 0.3) is 0 Å². The highest BCUT2D eigenvalue weighted by atomic mass is 16.5. The normalized spacial score (nSPS) is 17.5. The Morgan fingerprint density at radius 2 is 1.94 bits per heavy atom. The van der Waals surface area contributed by atoms with Crippen molar-refractivity contribution in [2.24, 2.45) is 0 Å². The van der Waals surface area contributed by atoms with Gasteiger partial charge in [0.15, 0.2) is 5.78 Å². The first-order chi connectivity index (χ1) is 8.51. The topological polar surface area (TPSA) is 26.3 Å². The number of hydrogen-bond donors (Lipinski definition) is 0. The van der Waals surface area contributed by atoms with Gasteiger partial charge in [0.2, 0.25) is 0 Å². The number of ketones is 1. The molecule has 0 bridgehead atoms. The smallest absolute Gasteiger partial charge is 0.170 e. The van der Waals surface area contributed by atoms with Crippen LogP contribution in [0, 0.1) is 0 Å². The molecule has 0 unspecified atom stereocenters. The van der Waals surface area contributed by atoms with Crippen molar-refractivity contribution in [3.05, 3.63) is 29.3 Å². The first-order valence-corrected chi connectivity index (χ1v) is 6.87. The molecule has 0 fully saturated rings. The third-order valence-electron chi connectivity index (χ3n) is 4.07. The van der Waals surface area contributed by atoms with Crippen LogP contribution < -0.4 is 4.74 Å². The Morgan fingerprint density at radius 3 is 2.50 bits per heavy atom. The summed E-state index contributed by atoms with van der Waals surface area (Å²) in [7, 11) is 0. The maximum absolute atomic E-state index is 12.3. The molecule has 98 valence electrons. The lowest BCUT2D eigenvalue weighted by atomic mass is 9.85. The monoisotopic (exact) mass is 246 g/mol. The fourth-order valence-corrected chi connectivity index (χ4v) is 2.52. The Hall–Kier alpha value is -1.31. The van der Waals surface area contributed by atoms with Crippen LogP contribution in [0.1, 0.15) is 68.8 Å². The molecule has 2 nitrogen and oxygen atoms in total. The predicted molar refractivity (Wildman–Crippen MR) is 73.4 cm³/mol. The molecule has 1 heterocycles. The molecule has 0 amide bonds. The average molecular weight is 246 g/mol. The van der Waals surface area contributed by atoms with E-state index >= 15 is 0 Å². The van der Waals surface area contributed by atoms with Crippen molar-refractivity contribution in [3.8, 4) is 5.75 Å². The summed E-state index contributed by atoms with van der Waals surface area (Å²) in [5, 5.41) is 0. The molecule has 2 heteroatoms. The maximum atomic E-state index is 12.3. The molecule has 0 atom stereocenters. The summed E-state index contributed by atoms with van der Waals surface area (Å²) in [6.07, 6.45) is 2.26. The zero-order valence-electron chi connectivity index (χ0n) is 11.7. The van der Waals surface area contributed by atoms with Crippen LogP contribution in [0.25, 0.3) is 0 Å². The van der Waals surface area contributed by atoms with E-state index in [9.17, 15) is 4.79 Å². The molecule has 18 heavy (non-hydrogen) atoms. The maximum Gasteiger partial charge on any atom is 0.170 e. The largest absolute Gasteiger partial charge is 0.486 e. The van der Waals surface area contributed by atoms with Gasteiger partial charge in [-0.3, -0.25) is 4.79 Å². The minimum Gasteiger partial charge on any atom is -0.486 e. The number of carbonyl (C=O) groups excluding carboxylic acids is 1. The lowest BCUT2D eigenvalue weighted by molar-refractivity contribution is 0.0349. The number of carbonyl (C=O) groups is 1. The highest BCUT2D eigenvalue weighted by molar-refractivity contribution is 6.00. The zero-order chi connectivity index (χ0) is 13.3. The second-order valence-electron chi connectivity index (χ2n) is 5.50. The second kappa shape index (κ2) is 4.75. The minimum absolute atomic E-state index is 0.224. The summed E-state index contributed by atoms with van der Waals surface area (Å²) in [5.41, 5.74) is 1.67. The van der Waals surface area contributed by atoms with Gasteiger partial charge in [0.1, 0.15) is 11.4 Å². The molecular weight excluding hydrogens is 224 g/mol. The van der Waals surface area contributed by atoms with Gasteiger partial charge in [-0.15, -0.1) is 0 Å². The summed E-state index contributed by atoms with van der Waals surface area (Å²) in [5.74, 6) is 1.42. The molecule has 0 aromatic heterocycles. The quantitative estimate of drug-likeness (QED) is 0.793. The number of benzene rings is 1. The van der Waals surface area contributed by atoms with Crippen LogP contribution in [-0.4, -0.2) is 11.4 Å². The number of Topliss-reactive ketones (excluding diaryl/α,β-unsaturated/α-hetero) is 1. The van der Waals surface area contributed by atoms with E-state index in [0.29, 0.717) is 12.3 Å². The van der Waals surface area contributed by atoms with Crippen molar-refractivity contribution >= 4 is 5.78 Å². The van der Waals surface area contributed by atoms with Crippen LogP contribution in [0.15, 0.2) is 18.2 Å². The number of rotatable bonds is 3. The fourth-order valence-electron chi connectivity index (χ4n) is 2.52. The van der Waals surface area contributed by atoms with Crippen LogP contribution in [0.3, 0.4) is 0 Å². The number of hydrogen-bond acceptors (Lipinski definition) is 2. The van der Waals surface area contributed by atoms with Crippen molar-refractivity contribution in [3.63, 3.8) is 0 Å². The Kier molecular flexibility index (Phi) is 3.47. The van der Waals surface area contributed by atoms with Crippen molar-refractivity contribution in [2.75, 3.05) is 0 Å². The van der Waals surface area contributed by atoms with E-state index in [0.717, 1.165) is 24.2 Å². The average Bonchev–Trinajstić information content (AvgIpc) is 2.38. The van der Waals surface area contributed by atoms with Gasteiger partial charge in [-0.25, -0.2) is 0 Å². The van der Waals surface area contributed by atoms with Gasteiger partial charge in [0.05, 0.1) is 12.0 Å². The van der Waals surface area contributed by atoms with Crippen molar-refractivity contribution < 1.29 is 9.53 Å². The summed E-state index contributed by atoms with van der Waals surface area (Å²) < 4.78 is 6.10. The Morgan fingerprint density at radius 1 is 1.28 bits per heavy atom. The zero-order valence-corrected chi connectivity index (χ0v) is 11.7. The molecular formula is C16H22O2. The molecule has 1 aromatic rings. The van der Waals surface area contributed by atoms with E-state index in [1.807, 2.05) is 12.1 Å². The summed E-state index contributed by atoms with van der Waals surface area (Å²) in [4.78, 5) is 12.3. The lowest BCUT2D eigenvalue weighted by Crippen LogP contribution is -2.40. The van der Waals surface area contributed by atoms with Gasteiger partial charge in [-0.05, 0) is 36.5 Å². The van der Waals surface area contributed by atoms with Crippen molar-refractivity contribution in [1.82, 2.24) is 0 Å². The number of fused-ring (bicyclic) bond motifs is 1. The molecule has 0 radical (unpaired) electrons. The molecule has 0 aliphatic carbocycles. The molecule has 0 saturated heterocycles. The van der Waals surface area contributed by atoms with E-state index in [2.05, 4.69) is 33.8 Å². The van der Waals surface area contributed by atoms with Crippen molar-refractivity contribution in [1.29, 1.82) is 0 Å². The predicted octanol–water partition coefficient (Wildman–Crippen LogP) is 4.33. The first-order valence-electron chi connectivity index (χ1n) is 6.87. The van der Waals surface area contributed by atoms with E-state index < -0.39 is 0 Å². The highest BCUT2D eigenvalue weighted by Gasteiger charge is 2.37. The lowest BCUT2D eigenvalue weighted by Gasteiger charge is -2.36. The van der Waals surface area contributed by atoms with Gasteiger partial charge >= 0.3 is 0 Å². The van der Waals surface area contributed by atoms with E-state index in [1.165, 1.54) is 5.56 Å². The third kappa shape index (κ3) is 2.16. The van der Waals surface area contributed by atoms with Crippen LogP contribution in [0.5, 0.6) is 5.75 Å². The van der Waals surface area contributed by atoms with Crippen LogP contribution in [0.2, 0.25) is 0 Å². The minimum atomic E-state index is -0.288. The fraction of sp³-hybridized carbons (Fsp3) is 0.562. The molecule has 1 aliphatic rings. The summed E-state index contributed by atoms with van der Waals surface area (Å²) >= 11 is 0. The Bertz CT molecular complexity index is 456. The second-order valence-corrected chi connectivity index (χ2v) is 5.50. The first kappa shape index (κ1) is 13.1. The Balaban J connectivity index is 2.42. The highest BCUT2D eigenvalue weighted by Crippen LogP contribution is 2.38. The molecule has 0 saturated carbocycles. The SMILES string of the molecule is CCC1(CC)CC(=O)c2cc(C(C)C)ccc2O1. The van der Waals surface area contributed by atoms with Gasteiger partial charge in [-0.2, -0.15) is 0 Å². The standard InChI is InChI=1S/C16H22O2/c1-5-16(6-2)10-14(17)13-9-12(11(3)4)7-8-15(13)18-16/h7-9,11H,5-6,10H2,1-4H3. The van der Waals surface area contributed by atoms with Crippen LogP contribution in [0.4, 0.5) is 0 Å². The van der Waals surface area contributed by atoms with Crippen LogP contribution >= 0.6 is 0 Å². The number of ether oxygens (including phenoxy) is 1. The van der Waals surface area contributed by atoms with Crippen LogP contribution in [-0.2, 0) is 0 Å². The van der Waals surface area contributed by atoms with Gasteiger partial charge in [-0.1, -0.05) is 33.8 Å². The Labute approximate surface area is 109 Å². The molecule has 0 N–H and O–H groups in total. The molecule has 1 aromatic carbocycles. The van der Waals surface area contributed by atoms with E-state index in [1.54, 1.807) is 0 Å². The van der Waals surface area contributed by atoms with E-state index in [4.69, 9.17) is 4.74 Å². The molecule has 0 spiro atoms.